The third kappa shape index (κ3) is 11.0. The van der Waals surface area contributed by atoms with Crippen LogP contribution in [0.25, 0.3) is 0 Å². The van der Waals surface area contributed by atoms with Crippen molar-refractivity contribution in [1.29, 1.82) is 0 Å². The number of hydrogen-bond acceptors (Lipinski definition) is 6. The second kappa shape index (κ2) is 11.9. The van der Waals surface area contributed by atoms with Crippen LogP contribution in [0.3, 0.4) is 0 Å². The maximum atomic E-state index is 11.1. The van der Waals surface area contributed by atoms with E-state index in [1.165, 1.54) is 0 Å². The van der Waals surface area contributed by atoms with E-state index < -0.39 is 24.1 Å². The summed E-state index contributed by atoms with van der Waals surface area (Å²) in [7, 11) is 0. The van der Waals surface area contributed by atoms with E-state index >= 15 is 0 Å². The van der Waals surface area contributed by atoms with Crippen molar-refractivity contribution in [3.63, 3.8) is 0 Å². The van der Waals surface area contributed by atoms with Crippen molar-refractivity contribution in [3.8, 4) is 0 Å². The first-order valence-electron chi connectivity index (χ1n) is 6.49. The van der Waals surface area contributed by atoms with Crippen molar-refractivity contribution in [1.82, 2.24) is 0 Å². The van der Waals surface area contributed by atoms with Crippen LogP contribution in [0.1, 0.15) is 13.8 Å². The molecule has 0 bridgehead atoms. The van der Waals surface area contributed by atoms with Crippen LogP contribution in [0, 0.1) is 0 Å². The van der Waals surface area contributed by atoms with Crippen molar-refractivity contribution in [2.45, 2.75) is 36.7 Å². The Labute approximate surface area is 141 Å². The van der Waals surface area contributed by atoms with Gasteiger partial charge in [0.1, 0.15) is 0 Å². The van der Waals surface area contributed by atoms with Crippen LogP contribution in [0.15, 0.2) is 24.3 Å². The average molecular weight is 444 g/mol. The Kier molecular flexibility index (Phi) is 11.5. The first-order chi connectivity index (χ1) is 10.2. The number of aliphatic hydroxyl groups is 2. The van der Waals surface area contributed by atoms with E-state index in [1.807, 2.05) is 0 Å². The van der Waals surface area contributed by atoms with Gasteiger partial charge in [-0.25, -0.2) is 0 Å². The first kappa shape index (κ1) is 21.4. The number of esters is 2. The van der Waals surface area contributed by atoms with Crippen molar-refractivity contribution < 1.29 is 29.3 Å². The number of aliphatic hydroxyl groups excluding tert-OH is 2. The Morgan fingerprint density at radius 3 is 1.50 bits per heavy atom. The molecule has 0 aromatic heterocycles. The molecule has 8 heteroatoms. The van der Waals surface area contributed by atoms with E-state index in [0.717, 1.165) is 0 Å². The average Bonchev–Trinajstić information content (AvgIpc) is 2.46. The standard InChI is InChI=1S/C14H22O6Se2/c1-9(2)13(17)19-5-11(15)7-21-22-8-12(16)6-20-14(18)10(3)4/h11-12,15-16H,1,3,5-8H2,2,4H3. The zero-order valence-electron chi connectivity index (χ0n) is 12.7. The van der Waals surface area contributed by atoms with Gasteiger partial charge in [-0.2, -0.15) is 0 Å². The van der Waals surface area contributed by atoms with E-state index in [4.69, 9.17) is 9.47 Å². The molecule has 22 heavy (non-hydrogen) atoms. The van der Waals surface area contributed by atoms with Gasteiger partial charge >= 0.3 is 142 Å². The topological polar surface area (TPSA) is 93.1 Å². The van der Waals surface area contributed by atoms with E-state index in [0.29, 0.717) is 21.8 Å². The minimum absolute atomic E-state index is 0.0394. The summed E-state index contributed by atoms with van der Waals surface area (Å²) >= 11 is 0.336. The fourth-order valence-electron chi connectivity index (χ4n) is 0.940. The van der Waals surface area contributed by atoms with E-state index in [2.05, 4.69) is 13.2 Å². The zero-order chi connectivity index (χ0) is 17.1. The van der Waals surface area contributed by atoms with E-state index in [1.54, 1.807) is 13.8 Å². The van der Waals surface area contributed by atoms with Gasteiger partial charge in [0, 0.05) is 0 Å². The van der Waals surface area contributed by atoms with E-state index in [9.17, 15) is 19.8 Å². The first-order valence-corrected chi connectivity index (χ1v) is 13.3. The van der Waals surface area contributed by atoms with Crippen LogP contribution in [-0.2, 0) is 19.1 Å². The molecule has 0 aliphatic rings. The van der Waals surface area contributed by atoms with Crippen LogP contribution in [-0.4, -0.2) is 73.8 Å². The van der Waals surface area contributed by atoms with Crippen LogP contribution >= 0.6 is 0 Å². The predicted octanol–water partition coefficient (Wildman–Crippen LogP) is 0.107. The SMILES string of the molecule is C=C(C)C(=O)OCC(O)C[Se][Se]CC(O)COC(=O)C(=C)C. The van der Waals surface area contributed by atoms with Gasteiger partial charge in [-0.1, -0.05) is 0 Å². The molecule has 0 aromatic carbocycles. The third-order valence-corrected chi connectivity index (χ3v) is 9.43. The Balaban J connectivity index is 3.66. The molecule has 0 heterocycles. The van der Waals surface area contributed by atoms with Gasteiger partial charge in [-0.3, -0.25) is 0 Å². The molecule has 0 saturated heterocycles. The molecule has 0 fully saturated rings. The summed E-state index contributed by atoms with van der Waals surface area (Å²) in [4.78, 5) is 22.3. The molecular weight excluding hydrogens is 422 g/mol. The second-order valence-corrected chi connectivity index (χ2v) is 12.2. The second-order valence-electron chi connectivity index (χ2n) is 4.63. The van der Waals surface area contributed by atoms with Crippen LogP contribution in [0.5, 0.6) is 0 Å². The summed E-state index contributed by atoms with van der Waals surface area (Å²) in [6, 6.07) is 0. The Morgan fingerprint density at radius 2 is 1.23 bits per heavy atom. The molecule has 6 nitrogen and oxygen atoms in total. The Hall–Kier alpha value is -0.621. The Bertz CT molecular complexity index is 372. The predicted molar refractivity (Wildman–Crippen MR) is 84.7 cm³/mol. The van der Waals surface area contributed by atoms with Crippen molar-refractivity contribution in [2.24, 2.45) is 0 Å². The summed E-state index contributed by atoms with van der Waals surface area (Å²) in [5, 5.41) is 20.4. The fourth-order valence-corrected chi connectivity index (χ4v) is 7.93. The van der Waals surface area contributed by atoms with Crippen molar-refractivity contribution in [3.05, 3.63) is 24.3 Å². The van der Waals surface area contributed by atoms with Gasteiger partial charge in [0.2, 0.25) is 0 Å². The normalized spacial score (nSPS) is 13.1. The molecule has 0 rings (SSSR count). The summed E-state index contributed by atoms with van der Waals surface area (Å²) in [5.41, 5.74) is 0.601. The van der Waals surface area contributed by atoms with Gasteiger partial charge in [-0.15, -0.1) is 0 Å². The number of carbonyl (C=O) groups is 2. The number of rotatable bonds is 11. The van der Waals surface area contributed by atoms with Crippen LogP contribution in [0.2, 0.25) is 10.6 Å². The molecule has 0 radical (unpaired) electrons. The minimum atomic E-state index is -0.691. The summed E-state index contributed by atoms with van der Waals surface area (Å²) < 4.78 is 9.69. The number of carbonyl (C=O) groups excluding carboxylic acids is 2. The molecule has 0 aromatic rings. The number of hydrogen-bond donors (Lipinski definition) is 2. The quantitative estimate of drug-likeness (QED) is 0.204. The third-order valence-electron chi connectivity index (χ3n) is 2.11. The van der Waals surface area contributed by atoms with Gasteiger partial charge < -0.3 is 0 Å². The Morgan fingerprint density at radius 1 is 0.909 bits per heavy atom. The number of ether oxygens (including phenoxy) is 2. The molecule has 0 aliphatic carbocycles. The molecule has 2 unspecified atom stereocenters. The van der Waals surface area contributed by atoms with Gasteiger partial charge in [0.25, 0.3) is 0 Å². The summed E-state index contributed by atoms with van der Waals surface area (Å²) in [6.45, 7) is 9.91. The summed E-state index contributed by atoms with van der Waals surface area (Å²) in [5.74, 6) is -1.02. The molecule has 0 amide bonds. The monoisotopic (exact) mass is 446 g/mol. The van der Waals surface area contributed by atoms with Gasteiger partial charge in [0.15, 0.2) is 0 Å². The fraction of sp³-hybridized carbons (Fsp3) is 0.571. The van der Waals surface area contributed by atoms with Crippen molar-refractivity contribution >= 4 is 38.2 Å². The molecule has 2 atom stereocenters. The van der Waals surface area contributed by atoms with Gasteiger partial charge in [0.05, 0.1) is 0 Å². The molecular formula is C14H22O6Se2. The molecule has 0 saturated carbocycles. The van der Waals surface area contributed by atoms with Crippen LogP contribution in [0.4, 0.5) is 0 Å². The maximum absolute atomic E-state index is 11.1. The van der Waals surface area contributed by atoms with E-state index in [-0.39, 0.29) is 39.5 Å². The molecule has 126 valence electrons. The van der Waals surface area contributed by atoms with Crippen LogP contribution < -0.4 is 0 Å². The molecule has 0 spiro atoms. The van der Waals surface area contributed by atoms with Crippen molar-refractivity contribution in [2.75, 3.05) is 13.2 Å². The summed E-state index contributed by atoms with van der Waals surface area (Å²) in [6.07, 6.45) is -1.38. The molecule has 0 aliphatic heterocycles. The van der Waals surface area contributed by atoms with Gasteiger partial charge in [-0.05, 0) is 0 Å². The molecule has 2 N–H and O–H groups in total. The zero-order valence-corrected chi connectivity index (χ0v) is 16.2.